The van der Waals surface area contributed by atoms with E-state index in [1.165, 1.54) is 0 Å². The van der Waals surface area contributed by atoms with E-state index >= 15 is 0 Å². The summed E-state index contributed by atoms with van der Waals surface area (Å²) in [6.45, 7) is -0.315. The van der Waals surface area contributed by atoms with Gasteiger partial charge < -0.3 is 9.47 Å². The second kappa shape index (κ2) is 8.45. The maximum Gasteiger partial charge on any atom is 0.338 e. The Labute approximate surface area is 159 Å². The third kappa shape index (κ3) is 4.80. The van der Waals surface area contributed by atoms with E-state index in [0.29, 0.717) is 22.6 Å². The highest BCUT2D eigenvalue weighted by molar-refractivity contribution is 9.10. The lowest BCUT2D eigenvalue weighted by Gasteiger charge is -2.08. The second-order valence-corrected chi connectivity index (χ2v) is 6.36. The van der Waals surface area contributed by atoms with Gasteiger partial charge in [-0.1, -0.05) is 52.3 Å². The number of carbonyl (C=O) groups excluding carboxylic acids is 2. The Morgan fingerprint density at radius 2 is 1.46 bits per heavy atom. The number of Topliss-reactive ketones (excluding diaryl/α,β-unsaturated/α-hetero) is 1. The first-order valence-electron chi connectivity index (χ1n) is 7.91. The van der Waals surface area contributed by atoms with E-state index < -0.39 is 5.97 Å². The molecule has 0 unspecified atom stereocenters. The van der Waals surface area contributed by atoms with Crippen LogP contribution in [0.1, 0.15) is 20.7 Å². The van der Waals surface area contributed by atoms with Crippen molar-refractivity contribution >= 4 is 27.7 Å². The Bertz CT molecular complexity index is 905. The molecule has 0 saturated heterocycles. The minimum atomic E-state index is -0.575. The molecule has 0 amide bonds. The zero-order valence-corrected chi connectivity index (χ0v) is 15.3. The van der Waals surface area contributed by atoms with Crippen LogP contribution in [0.4, 0.5) is 0 Å². The lowest BCUT2D eigenvalue weighted by Crippen LogP contribution is -2.14. The molecule has 0 aliphatic heterocycles. The molecule has 0 aromatic heterocycles. The third-order valence-corrected chi connectivity index (χ3v) is 4.08. The fraction of sp³-hybridized carbons (Fsp3) is 0.0476. The second-order valence-electron chi connectivity index (χ2n) is 5.45. The van der Waals surface area contributed by atoms with E-state index in [0.717, 1.165) is 4.47 Å². The fourth-order valence-corrected chi connectivity index (χ4v) is 2.51. The van der Waals surface area contributed by atoms with Gasteiger partial charge in [0, 0.05) is 10.0 Å². The number of hydrogen-bond acceptors (Lipinski definition) is 4. The van der Waals surface area contributed by atoms with E-state index in [2.05, 4.69) is 15.9 Å². The van der Waals surface area contributed by atoms with Gasteiger partial charge >= 0.3 is 5.97 Å². The first-order chi connectivity index (χ1) is 12.6. The van der Waals surface area contributed by atoms with Gasteiger partial charge in [-0.2, -0.15) is 0 Å². The summed E-state index contributed by atoms with van der Waals surface area (Å²) in [5, 5.41) is 0. The lowest BCUT2D eigenvalue weighted by atomic mass is 10.1. The van der Waals surface area contributed by atoms with Crippen molar-refractivity contribution in [2.45, 2.75) is 0 Å². The van der Waals surface area contributed by atoms with Gasteiger partial charge in [-0.3, -0.25) is 4.79 Å². The molecular formula is C21H15BrO4. The van der Waals surface area contributed by atoms with Crippen molar-refractivity contribution in [3.63, 3.8) is 0 Å². The van der Waals surface area contributed by atoms with Crippen LogP contribution in [0.3, 0.4) is 0 Å². The van der Waals surface area contributed by atoms with Gasteiger partial charge in [0.15, 0.2) is 12.4 Å². The maximum atomic E-state index is 12.2. The topological polar surface area (TPSA) is 52.6 Å². The monoisotopic (exact) mass is 410 g/mol. The summed E-state index contributed by atoms with van der Waals surface area (Å²) in [5.74, 6) is 0.352. The molecule has 0 saturated carbocycles. The van der Waals surface area contributed by atoms with Gasteiger partial charge in [-0.25, -0.2) is 4.79 Å². The minimum Gasteiger partial charge on any atom is -0.457 e. The summed E-state index contributed by atoms with van der Waals surface area (Å²) >= 11 is 3.31. The zero-order valence-electron chi connectivity index (χ0n) is 13.7. The number of hydrogen-bond donors (Lipinski definition) is 0. The number of esters is 1. The smallest absolute Gasteiger partial charge is 0.338 e. The molecule has 0 fully saturated rings. The van der Waals surface area contributed by atoms with E-state index in [1.54, 1.807) is 48.5 Å². The molecule has 0 aliphatic carbocycles. The number of ether oxygens (including phenoxy) is 2. The number of halogens is 1. The third-order valence-electron chi connectivity index (χ3n) is 3.55. The number of ketones is 1. The van der Waals surface area contributed by atoms with E-state index in [1.807, 2.05) is 30.3 Å². The summed E-state index contributed by atoms with van der Waals surface area (Å²) in [5.41, 5.74) is 0.809. The number of rotatable bonds is 6. The molecule has 26 heavy (non-hydrogen) atoms. The lowest BCUT2D eigenvalue weighted by molar-refractivity contribution is 0.0474. The SMILES string of the molecule is O=C(COC(=O)c1cccc(Oc2ccccc2)c1)c1ccc(Br)cc1. The molecule has 0 bridgehead atoms. The highest BCUT2D eigenvalue weighted by Crippen LogP contribution is 2.22. The van der Waals surface area contributed by atoms with Crippen LogP contribution in [-0.4, -0.2) is 18.4 Å². The molecule has 0 heterocycles. The largest absolute Gasteiger partial charge is 0.457 e. The molecule has 0 N–H and O–H groups in total. The normalized spacial score (nSPS) is 10.2. The van der Waals surface area contributed by atoms with Crippen LogP contribution in [0, 0.1) is 0 Å². The molecule has 0 aliphatic rings. The summed E-state index contributed by atoms with van der Waals surface area (Å²) in [4.78, 5) is 24.3. The Balaban J connectivity index is 1.62. The van der Waals surface area contributed by atoms with Gasteiger partial charge in [0.2, 0.25) is 0 Å². The van der Waals surface area contributed by atoms with Crippen molar-refractivity contribution in [1.82, 2.24) is 0 Å². The molecule has 0 spiro atoms. The van der Waals surface area contributed by atoms with Crippen LogP contribution in [0.5, 0.6) is 11.5 Å². The Hall–Kier alpha value is -2.92. The van der Waals surface area contributed by atoms with Crippen LogP contribution < -0.4 is 4.74 Å². The highest BCUT2D eigenvalue weighted by atomic mass is 79.9. The summed E-state index contributed by atoms with van der Waals surface area (Å²) < 4.78 is 11.7. The van der Waals surface area contributed by atoms with Gasteiger partial charge in [0.25, 0.3) is 0 Å². The van der Waals surface area contributed by atoms with Gasteiger partial charge in [0.1, 0.15) is 11.5 Å². The fourth-order valence-electron chi connectivity index (χ4n) is 2.24. The molecule has 3 aromatic rings. The average Bonchev–Trinajstić information content (AvgIpc) is 2.67. The molecular weight excluding hydrogens is 396 g/mol. The van der Waals surface area contributed by atoms with Crippen LogP contribution >= 0.6 is 15.9 Å². The summed E-state index contributed by atoms with van der Waals surface area (Å²) in [7, 11) is 0. The van der Waals surface area contributed by atoms with E-state index in [9.17, 15) is 9.59 Å². The van der Waals surface area contributed by atoms with E-state index in [-0.39, 0.29) is 12.4 Å². The first kappa shape index (κ1) is 17.9. The average molecular weight is 411 g/mol. The maximum absolute atomic E-state index is 12.2. The van der Waals surface area contributed by atoms with Crippen LogP contribution in [-0.2, 0) is 4.74 Å². The molecule has 4 nitrogen and oxygen atoms in total. The molecule has 3 rings (SSSR count). The zero-order chi connectivity index (χ0) is 18.4. The number of carbonyl (C=O) groups is 2. The Kier molecular flexibility index (Phi) is 5.81. The van der Waals surface area contributed by atoms with Crippen molar-refractivity contribution in [3.8, 4) is 11.5 Å². The van der Waals surface area contributed by atoms with Crippen LogP contribution in [0.15, 0.2) is 83.3 Å². The molecule has 130 valence electrons. The Morgan fingerprint density at radius 3 is 2.19 bits per heavy atom. The van der Waals surface area contributed by atoms with Crippen molar-refractivity contribution in [1.29, 1.82) is 0 Å². The van der Waals surface area contributed by atoms with Crippen molar-refractivity contribution in [2.75, 3.05) is 6.61 Å². The number of benzene rings is 3. The predicted octanol–water partition coefficient (Wildman–Crippen LogP) is 5.28. The van der Waals surface area contributed by atoms with Crippen molar-refractivity contribution in [3.05, 3.63) is 94.5 Å². The number of para-hydroxylation sites is 1. The quantitative estimate of drug-likeness (QED) is 0.409. The van der Waals surface area contributed by atoms with Gasteiger partial charge in [0.05, 0.1) is 5.56 Å². The van der Waals surface area contributed by atoms with Crippen LogP contribution in [0.25, 0.3) is 0 Å². The summed E-state index contributed by atoms with van der Waals surface area (Å²) in [6.07, 6.45) is 0. The molecule has 5 heteroatoms. The molecule has 0 atom stereocenters. The van der Waals surface area contributed by atoms with E-state index in [4.69, 9.17) is 9.47 Å². The minimum absolute atomic E-state index is 0.262. The van der Waals surface area contributed by atoms with Crippen molar-refractivity contribution < 1.29 is 19.1 Å². The highest BCUT2D eigenvalue weighted by Gasteiger charge is 2.12. The molecule has 3 aromatic carbocycles. The standard InChI is InChI=1S/C21H15BrO4/c22-17-11-9-15(10-12-17)20(23)14-25-21(24)16-5-4-8-19(13-16)26-18-6-2-1-3-7-18/h1-13H,14H2. The van der Waals surface area contributed by atoms with Crippen LogP contribution in [0.2, 0.25) is 0 Å². The first-order valence-corrected chi connectivity index (χ1v) is 8.70. The summed E-state index contributed by atoms with van der Waals surface area (Å²) in [6, 6.07) is 22.8. The van der Waals surface area contributed by atoms with Gasteiger partial charge in [-0.15, -0.1) is 0 Å². The van der Waals surface area contributed by atoms with Gasteiger partial charge in [-0.05, 0) is 42.5 Å². The van der Waals surface area contributed by atoms with Crippen molar-refractivity contribution in [2.24, 2.45) is 0 Å². The molecule has 0 radical (unpaired) electrons. The predicted molar refractivity (Wildman–Crippen MR) is 102 cm³/mol. The Morgan fingerprint density at radius 1 is 0.769 bits per heavy atom.